The molecule has 0 aliphatic carbocycles. The fraction of sp³-hybridized carbons (Fsp3) is 0.357. The minimum Gasteiger partial charge on any atom is -0.386 e. The number of aliphatic hydroxyl groups is 1. The third kappa shape index (κ3) is 3.38. The Labute approximate surface area is 112 Å². The summed E-state index contributed by atoms with van der Waals surface area (Å²) < 4.78 is 0. The third-order valence-electron chi connectivity index (χ3n) is 2.95. The number of hydrogen-bond acceptors (Lipinski definition) is 4. The first kappa shape index (κ1) is 13.2. The zero-order chi connectivity index (χ0) is 12.8. The van der Waals surface area contributed by atoms with E-state index in [2.05, 4.69) is 17.2 Å². The van der Waals surface area contributed by atoms with E-state index in [9.17, 15) is 5.11 Å². The number of pyridine rings is 1. The first-order valence-corrected chi connectivity index (χ1v) is 7.03. The van der Waals surface area contributed by atoms with Crippen molar-refractivity contribution in [3.05, 3.63) is 52.5 Å². The molecule has 0 aromatic carbocycles. The lowest BCUT2D eigenvalue weighted by Gasteiger charge is -2.22. The van der Waals surface area contributed by atoms with Gasteiger partial charge in [-0.2, -0.15) is 0 Å². The van der Waals surface area contributed by atoms with Gasteiger partial charge < -0.3 is 10.4 Å². The van der Waals surface area contributed by atoms with Gasteiger partial charge in [0.25, 0.3) is 0 Å². The van der Waals surface area contributed by atoms with E-state index < -0.39 is 6.10 Å². The molecule has 0 amide bonds. The van der Waals surface area contributed by atoms with Gasteiger partial charge in [-0.15, -0.1) is 11.3 Å². The summed E-state index contributed by atoms with van der Waals surface area (Å²) in [7, 11) is 0. The van der Waals surface area contributed by atoms with Crippen LogP contribution in [0.3, 0.4) is 0 Å². The molecule has 2 aromatic heterocycles. The Balaban J connectivity index is 1.93. The van der Waals surface area contributed by atoms with Crippen LogP contribution in [0, 0.1) is 0 Å². The average molecular weight is 262 g/mol. The molecule has 0 saturated heterocycles. The Morgan fingerprint density at radius 3 is 2.89 bits per heavy atom. The molecule has 0 aliphatic heterocycles. The molecule has 2 aromatic rings. The number of thiophene rings is 1. The summed E-state index contributed by atoms with van der Waals surface area (Å²) in [6.45, 7) is 2.81. The maximum absolute atomic E-state index is 10.3. The van der Waals surface area contributed by atoms with Gasteiger partial charge in [0.05, 0.1) is 0 Å². The Morgan fingerprint density at radius 2 is 2.28 bits per heavy atom. The average Bonchev–Trinajstić information content (AvgIpc) is 2.94. The number of nitrogens with zero attached hydrogens (tertiary/aromatic N) is 1. The molecule has 0 aliphatic rings. The van der Waals surface area contributed by atoms with Crippen molar-refractivity contribution in [2.24, 2.45) is 0 Å². The molecule has 96 valence electrons. The third-order valence-corrected chi connectivity index (χ3v) is 3.89. The van der Waals surface area contributed by atoms with Crippen LogP contribution in [0.4, 0.5) is 0 Å². The van der Waals surface area contributed by atoms with E-state index in [0.29, 0.717) is 0 Å². The molecular weight excluding hydrogens is 244 g/mol. The van der Waals surface area contributed by atoms with Crippen LogP contribution in [-0.4, -0.2) is 16.1 Å². The van der Waals surface area contributed by atoms with Crippen LogP contribution in [-0.2, 0) is 6.54 Å². The van der Waals surface area contributed by atoms with Crippen molar-refractivity contribution < 1.29 is 5.11 Å². The molecule has 0 bridgehead atoms. The van der Waals surface area contributed by atoms with Crippen LogP contribution >= 0.6 is 11.3 Å². The molecule has 0 saturated carbocycles. The van der Waals surface area contributed by atoms with E-state index >= 15 is 0 Å². The minimum atomic E-state index is -0.438. The first-order valence-electron chi connectivity index (χ1n) is 6.15. The fourth-order valence-corrected chi connectivity index (χ4v) is 2.66. The highest BCUT2D eigenvalue weighted by Crippen LogP contribution is 2.23. The standard InChI is InChI=1S/C14H18N2OS/c1-2-12(14(17)13-6-4-8-18-13)16-10-11-5-3-7-15-9-11/h3-9,12,14,16-17H,2,10H2,1H3. The van der Waals surface area contributed by atoms with Crippen LogP contribution in [0.1, 0.15) is 29.9 Å². The Kier molecular flexibility index (Phi) is 4.87. The number of rotatable bonds is 6. The van der Waals surface area contributed by atoms with Crippen LogP contribution in [0.15, 0.2) is 42.0 Å². The number of hydrogen-bond donors (Lipinski definition) is 2. The van der Waals surface area contributed by atoms with Gasteiger partial charge >= 0.3 is 0 Å². The van der Waals surface area contributed by atoms with Crippen molar-refractivity contribution in [3.63, 3.8) is 0 Å². The Morgan fingerprint density at radius 1 is 1.39 bits per heavy atom. The molecule has 4 heteroatoms. The molecule has 18 heavy (non-hydrogen) atoms. The second-order valence-corrected chi connectivity index (χ2v) is 5.20. The van der Waals surface area contributed by atoms with Crippen LogP contribution in [0.25, 0.3) is 0 Å². The molecule has 2 unspecified atom stereocenters. The molecule has 2 heterocycles. The largest absolute Gasteiger partial charge is 0.386 e. The van der Waals surface area contributed by atoms with Crippen LogP contribution in [0.2, 0.25) is 0 Å². The van der Waals surface area contributed by atoms with Crippen molar-refractivity contribution in [2.45, 2.75) is 32.0 Å². The van der Waals surface area contributed by atoms with Crippen LogP contribution < -0.4 is 5.32 Å². The molecule has 2 rings (SSSR count). The smallest absolute Gasteiger partial charge is 0.103 e. The molecule has 2 atom stereocenters. The highest BCUT2D eigenvalue weighted by atomic mass is 32.1. The molecule has 0 spiro atoms. The highest BCUT2D eigenvalue weighted by Gasteiger charge is 2.19. The lowest BCUT2D eigenvalue weighted by molar-refractivity contribution is 0.128. The summed E-state index contributed by atoms with van der Waals surface area (Å²) in [5, 5.41) is 15.7. The van der Waals surface area contributed by atoms with E-state index in [4.69, 9.17) is 0 Å². The number of nitrogens with one attached hydrogen (secondary N) is 1. The maximum Gasteiger partial charge on any atom is 0.103 e. The highest BCUT2D eigenvalue weighted by molar-refractivity contribution is 7.10. The summed E-state index contributed by atoms with van der Waals surface area (Å²) in [6.07, 6.45) is 4.06. The van der Waals surface area contributed by atoms with Crippen molar-refractivity contribution in [1.82, 2.24) is 10.3 Å². The minimum absolute atomic E-state index is 0.0730. The van der Waals surface area contributed by atoms with E-state index in [1.807, 2.05) is 35.8 Å². The Hall–Kier alpha value is -1.23. The molecular formula is C14H18N2OS. The van der Waals surface area contributed by atoms with Crippen molar-refractivity contribution in [2.75, 3.05) is 0 Å². The second kappa shape index (κ2) is 6.64. The monoisotopic (exact) mass is 262 g/mol. The zero-order valence-corrected chi connectivity index (χ0v) is 11.2. The topological polar surface area (TPSA) is 45.2 Å². The molecule has 0 fully saturated rings. The summed E-state index contributed by atoms with van der Waals surface area (Å²) in [5.41, 5.74) is 1.13. The molecule has 0 radical (unpaired) electrons. The SMILES string of the molecule is CCC(NCc1cccnc1)C(O)c1cccs1. The number of aliphatic hydroxyl groups excluding tert-OH is 1. The van der Waals surface area contributed by atoms with Crippen LogP contribution in [0.5, 0.6) is 0 Å². The normalized spacial score (nSPS) is 14.3. The van der Waals surface area contributed by atoms with Gasteiger partial charge in [-0.1, -0.05) is 19.1 Å². The van der Waals surface area contributed by atoms with Gasteiger partial charge in [0, 0.05) is 29.9 Å². The molecule has 2 N–H and O–H groups in total. The summed E-state index contributed by atoms with van der Waals surface area (Å²) in [4.78, 5) is 5.10. The van der Waals surface area contributed by atoms with Gasteiger partial charge in [0.15, 0.2) is 0 Å². The Bertz CT molecular complexity index is 444. The van der Waals surface area contributed by atoms with E-state index in [1.165, 1.54) is 0 Å². The predicted molar refractivity (Wildman–Crippen MR) is 74.4 cm³/mol. The number of aromatic nitrogens is 1. The van der Waals surface area contributed by atoms with E-state index in [1.54, 1.807) is 17.5 Å². The van der Waals surface area contributed by atoms with Gasteiger partial charge in [-0.3, -0.25) is 4.98 Å². The summed E-state index contributed by atoms with van der Waals surface area (Å²) in [6, 6.07) is 7.97. The van der Waals surface area contributed by atoms with E-state index in [-0.39, 0.29) is 6.04 Å². The van der Waals surface area contributed by atoms with Gasteiger partial charge in [0.1, 0.15) is 6.10 Å². The lowest BCUT2D eigenvalue weighted by atomic mass is 10.1. The first-order chi connectivity index (χ1) is 8.81. The van der Waals surface area contributed by atoms with Gasteiger partial charge in [-0.05, 0) is 29.5 Å². The maximum atomic E-state index is 10.3. The predicted octanol–water partition coefficient (Wildman–Crippen LogP) is 2.74. The van der Waals surface area contributed by atoms with E-state index in [0.717, 1.165) is 23.4 Å². The fourth-order valence-electron chi connectivity index (χ4n) is 1.89. The van der Waals surface area contributed by atoms with Gasteiger partial charge in [0.2, 0.25) is 0 Å². The summed E-state index contributed by atoms with van der Waals surface area (Å²) >= 11 is 1.59. The second-order valence-electron chi connectivity index (χ2n) is 4.22. The lowest BCUT2D eigenvalue weighted by Crippen LogP contribution is -2.33. The summed E-state index contributed by atoms with van der Waals surface area (Å²) in [5.74, 6) is 0. The van der Waals surface area contributed by atoms with Crippen molar-refractivity contribution >= 4 is 11.3 Å². The van der Waals surface area contributed by atoms with Crippen molar-refractivity contribution in [1.29, 1.82) is 0 Å². The molecule has 3 nitrogen and oxygen atoms in total. The van der Waals surface area contributed by atoms with Gasteiger partial charge in [-0.25, -0.2) is 0 Å². The zero-order valence-electron chi connectivity index (χ0n) is 10.4. The van der Waals surface area contributed by atoms with Crippen molar-refractivity contribution in [3.8, 4) is 0 Å². The quantitative estimate of drug-likeness (QED) is 0.841.